The van der Waals surface area contributed by atoms with E-state index in [1.807, 2.05) is 0 Å². The maximum atomic E-state index is 11.1. The highest BCUT2D eigenvalue weighted by Crippen LogP contribution is 2.31. The zero-order valence-electron chi connectivity index (χ0n) is 6.81. The predicted octanol–water partition coefficient (Wildman–Crippen LogP) is 0.965. The third-order valence-electron chi connectivity index (χ3n) is 3.05. The van der Waals surface area contributed by atoms with Crippen LogP contribution in [0.5, 0.6) is 0 Å². The highest BCUT2D eigenvalue weighted by molar-refractivity contribution is 5.79. The van der Waals surface area contributed by atoms with Crippen LogP contribution in [0.3, 0.4) is 0 Å². The zero-order valence-corrected chi connectivity index (χ0v) is 6.81. The molecule has 0 aromatic heterocycles. The summed E-state index contributed by atoms with van der Waals surface area (Å²) in [5.74, 6) is 2.02. The van der Waals surface area contributed by atoms with Gasteiger partial charge >= 0.3 is 0 Å². The first-order valence-electron chi connectivity index (χ1n) is 4.58. The molecule has 0 unspecified atom stereocenters. The quantitative estimate of drug-likeness (QED) is 0.561. The number of hydrogen-bond acceptors (Lipinski definition) is 2. The van der Waals surface area contributed by atoms with Gasteiger partial charge in [0.15, 0.2) is 0 Å². The highest BCUT2D eigenvalue weighted by Gasteiger charge is 2.30. The van der Waals surface area contributed by atoms with Crippen LogP contribution in [0.1, 0.15) is 25.7 Å². The van der Waals surface area contributed by atoms with Gasteiger partial charge in [-0.1, -0.05) is 0 Å². The molecule has 1 aliphatic heterocycles. The molecule has 0 bridgehead atoms. The Kier molecular flexibility index (Phi) is 1.95. The van der Waals surface area contributed by atoms with Crippen LogP contribution in [0.25, 0.3) is 0 Å². The average Bonchev–Trinajstić information content (AvgIpc) is 2.04. The zero-order chi connectivity index (χ0) is 7.68. The van der Waals surface area contributed by atoms with Crippen molar-refractivity contribution in [2.45, 2.75) is 25.7 Å². The molecule has 1 saturated carbocycles. The molecule has 2 heteroatoms. The van der Waals surface area contributed by atoms with Gasteiger partial charge in [-0.2, -0.15) is 0 Å². The minimum absolute atomic E-state index is 0.494. The summed E-state index contributed by atoms with van der Waals surface area (Å²) in [7, 11) is 0. The summed E-state index contributed by atoms with van der Waals surface area (Å²) in [6.07, 6.45) is 4.06. The summed E-state index contributed by atoms with van der Waals surface area (Å²) in [5, 5.41) is 3.39. The van der Waals surface area contributed by atoms with Crippen molar-refractivity contribution in [2.75, 3.05) is 13.1 Å². The Morgan fingerprint density at radius 1 is 1.27 bits per heavy atom. The van der Waals surface area contributed by atoms with Gasteiger partial charge in [-0.25, -0.2) is 0 Å². The van der Waals surface area contributed by atoms with E-state index in [0.717, 1.165) is 44.2 Å². The van der Waals surface area contributed by atoms with Gasteiger partial charge in [0, 0.05) is 12.8 Å². The van der Waals surface area contributed by atoms with E-state index in [9.17, 15) is 4.79 Å². The number of piperidine rings is 1. The van der Waals surface area contributed by atoms with Crippen molar-refractivity contribution in [3.63, 3.8) is 0 Å². The minimum atomic E-state index is 0.494. The summed E-state index contributed by atoms with van der Waals surface area (Å²) in [6, 6.07) is 0. The van der Waals surface area contributed by atoms with Gasteiger partial charge in [-0.3, -0.25) is 4.79 Å². The second-order valence-electron chi connectivity index (χ2n) is 3.79. The number of hydrogen-bond donors (Lipinski definition) is 1. The fourth-order valence-corrected chi connectivity index (χ4v) is 2.32. The lowest BCUT2D eigenvalue weighted by molar-refractivity contribution is -0.123. The van der Waals surface area contributed by atoms with Crippen molar-refractivity contribution in [1.82, 2.24) is 5.32 Å². The van der Waals surface area contributed by atoms with Crippen LogP contribution >= 0.6 is 0 Å². The Labute approximate surface area is 67.4 Å². The van der Waals surface area contributed by atoms with Crippen molar-refractivity contribution in [3.05, 3.63) is 0 Å². The van der Waals surface area contributed by atoms with Crippen LogP contribution in [-0.2, 0) is 4.79 Å². The fraction of sp³-hybridized carbons (Fsp3) is 0.889. The number of fused-ring (bicyclic) bond motifs is 1. The number of Topliss-reactive ketones (excluding diaryl/α,β-unsaturated/α-hetero) is 1. The molecular formula is C9H15NO. The molecule has 2 atom stereocenters. The summed E-state index contributed by atoms with van der Waals surface area (Å²) >= 11 is 0. The predicted molar refractivity (Wildman–Crippen MR) is 43.3 cm³/mol. The molecule has 11 heavy (non-hydrogen) atoms. The first kappa shape index (κ1) is 7.29. The van der Waals surface area contributed by atoms with Crippen LogP contribution in [0.2, 0.25) is 0 Å². The van der Waals surface area contributed by atoms with Crippen molar-refractivity contribution in [3.8, 4) is 0 Å². The van der Waals surface area contributed by atoms with Gasteiger partial charge in [-0.05, 0) is 37.8 Å². The Hall–Kier alpha value is -0.370. The number of carbonyl (C=O) groups is 1. The minimum Gasteiger partial charge on any atom is -0.316 e. The molecule has 2 rings (SSSR count). The lowest BCUT2D eigenvalue weighted by Gasteiger charge is -2.35. The normalized spacial score (nSPS) is 38.4. The molecule has 0 radical (unpaired) electrons. The molecule has 2 nitrogen and oxygen atoms in total. The first-order chi connectivity index (χ1) is 5.36. The van der Waals surface area contributed by atoms with Crippen molar-refractivity contribution >= 4 is 5.78 Å². The largest absolute Gasteiger partial charge is 0.316 e. The molecule has 2 fully saturated rings. The molecule has 0 aromatic carbocycles. The van der Waals surface area contributed by atoms with E-state index in [1.165, 1.54) is 6.42 Å². The molecule has 0 amide bonds. The highest BCUT2D eigenvalue weighted by atomic mass is 16.1. The van der Waals surface area contributed by atoms with Crippen LogP contribution < -0.4 is 5.32 Å². The van der Waals surface area contributed by atoms with E-state index >= 15 is 0 Å². The monoisotopic (exact) mass is 153 g/mol. The van der Waals surface area contributed by atoms with Crippen LogP contribution in [0.4, 0.5) is 0 Å². The van der Waals surface area contributed by atoms with Crippen molar-refractivity contribution in [1.29, 1.82) is 0 Å². The third-order valence-corrected chi connectivity index (χ3v) is 3.05. The molecule has 2 aliphatic rings. The summed E-state index contributed by atoms with van der Waals surface area (Å²) in [6.45, 7) is 2.27. The molecule has 1 aliphatic carbocycles. The molecule has 62 valence electrons. The average molecular weight is 153 g/mol. The van der Waals surface area contributed by atoms with E-state index in [0.29, 0.717) is 5.78 Å². The molecular weight excluding hydrogens is 138 g/mol. The molecule has 0 spiro atoms. The molecule has 1 saturated heterocycles. The number of rotatable bonds is 0. The fourth-order valence-electron chi connectivity index (χ4n) is 2.32. The number of ketones is 1. The smallest absolute Gasteiger partial charge is 0.133 e. The summed E-state index contributed by atoms with van der Waals surface area (Å²) < 4.78 is 0. The molecule has 1 N–H and O–H groups in total. The molecule has 0 aromatic rings. The Balaban J connectivity index is 1.98. The Morgan fingerprint density at radius 2 is 2.18 bits per heavy atom. The standard InChI is InChI=1S/C9H15NO/c11-9-2-1-8-6-10-4-3-7(8)5-9/h7-8,10H,1-6H2/t7-,8-/m0/s1. The second-order valence-corrected chi connectivity index (χ2v) is 3.79. The summed E-state index contributed by atoms with van der Waals surface area (Å²) in [4.78, 5) is 11.1. The topological polar surface area (TPSA) is 29.1 Å². The number of carbonyl (C=O) groups excluding carboxylic acids is 1. The van der Waals surface area contributed by atoms with E-state index in [4.69, 9.17) is 0 Å². The van der Waals surface area contributed by atoms with E-state index in [-0.39, 0.29) is 0 Å². The van der Waals surface area contributed by atoms with E-state index in [1.54, 1.807) is 0 Å². The summed E-state index contributed by atoms with van der Waals surface area (Å²) in [5.41, 5.74) is 0. The van der Waals surface area contributed by atoms with Gasteiger partial charge in [0.2, 0.25) is 0 Å². The lowest BCUT2D eigenvalue weighted by Crippen LogP contribution is -2.40. The van der Waals surface area contributed by atoms with E-state index < -0.39 is 0 Å². The second kappa shape index (κ2) is 2.94. The lowest BCUT2D eigenvalue weighted by atomic mass is 9.75. The SMILES string of the molecule is O=C1CC[C@H]2CNCC[C@H]2C1. The van der Waals surface area contributed by atoms with Gasteiger partial charge in [-0.15, -0.1) is 0 Å². The third kappa shape index (κ3) is 1.45. The van der Waals surface area contributed by atoms with Gasteiger partial charge in [0.1, 0.15) is 5.78 Å². The van der Waals surface area contributed by atoms with Crippen LogP contribution in [-0.4, -0.2) is 18.9 Å². The van der Waals surface area contributed by atoms with Crippen LogP contribution in [0, 0.1) is 11.8 Å². The van der Waals surface area contributed by atoms with Gasteiger partial charge in [0.25, 0.3) is 0 Å². The molecule has 1 heterocycles. The number of nitrogens with one attached hydrogen (secondary N) is 1. The maximum Gasteiger partial charge on any atom is 0.133 e. The maximum absolute atomic E-state index is 11.1. The van der Waals surface area contributed by atoms with Crippen molar-refractivity contribution in [2.24, 2.45) is 11.8 Å². The first-order valence-corrected chi connectivity index (χ1v) is 4.58. The van der Waals surface area contributed by atoms with Gasteiger partial charge in [0.05, 0.1) is 0 Å². The van der Waals surface area contributed by atoms with Gasteiger partial charge < -0.3 is 5.32 Å². The van der Waals surface area contributed by atoms with Crippen molar-refractivity contribution < 1.29 is 4.79 Å². The Bertz CT molecular complexity index is 167. The van der Waals surface area contributed by atoms with Crippen LogP contribution in [0.15, 0.2) is 0 Å². The Morgan fingerprint density at radius 3 is 3.09 bits per heavy atom. The van der Waals surface area contributed by atoms with E-state index in [2.05, 4.69) is 5.32 Å².